The largest absolute Gasteiger partial charge is 1.00 e. The Morgan fingerprint density at radius 3 is 1.43 bits per heavy atom. The highest BCUT2D eigenvalue weighted by Crippen LogP contribution is 2.54. The van der Waals surface area contributed by atoms with Crippen LogP contribution in [-0.4, -0.2) is 18.6 Å². The highest BCUT2D eigenvalue weighted by molar-refractivity contribution is 7.96. The first kappa shape index (κ1) is 22.3. The van der Waals surface area contributed by atoms with Crippen LogP contribution in [-0.2, 0) is 4.79 Å². The zero-order chi connectivity index (χ0) is 19.1. The van der Waals surface area contributed by atoms with E-state index in [1.807, 2.05) is 18.2 Å². The lowest BCUT2D eigenvalue weighted by atomic mass is 10.2. The molecule has 0 aliphatic carbocycles. The van der Waals surface area contributed by atoms with E-state index in [-0.39, 0.29) is 22.9 Å². The lowest BCUT2D eigenvalue weighted by molar-refractivity contribution is -0.118. The number of amides is 1. The quantitative estimate of drug-likeness (QED) is 0.523. The molecule has 28 heavy (non-hydrogen) atoms. The predicted molar refractivity (Wildman–Crippen MR) is 118 cm³/mol. The Balaban J connectivity index is 0.00000280. The average Bonchev–Trinajstić information content (AvgIpc) is 2.72. The Labute approximate surface area is 179 Å². The SMILES string of the molecule is CC(C)CNC(=O)C[P+](c1ccccc1)(c1ccccc1)c1ccccc1.[Br-]. The average molecular weight is 456 g/mol. The molecule has 0 spiro atoms. The van der Waals surface area contributed by atoms with Gasteiger partial charge >= 0.3 is 0 Å². The first-order valence-electron chi connectivity index (χ1n) is 9.44. The lowest BCUT2D eigenvalue weighted by Crippen LogP contribution is -3.00. The van der Waals surface area contributed by atoms with Crippen molar-refractivity contribution >= 4 is 29.1 Å². The van der Waals surface area contributed by atoms with E-state index in [1.54, 1.807) is 0 Å². The summed E-state index contributed by atoms with van der Waals surface area (Å²) < 4.78 is 0. The molecule has 0 unspecified atom stereocenters. The van der Waals surface area contributed by atoms with Crippen molar-refractivity contribution in [1.82, 2.24) is 5.32 Å². The number of carbonyl (C=O) groups excluding carboxylic acids is 1. The van der Waals surface area contributed by atoms with E-state index in [9.17, 15) is 4.79 Å². The topological polar surface area (TPSA) is 29.1 Å². The normalized spacial score (nSPS) is 11.0. The molecule has 3 rings (SSSR count). The summed E-state index contributed by atoms with van der Waals surface area (Å²) >= 11 is 0. The number of halogens is 1. The minimum Gasteiger partial charge on any atom is -1.00 e. The minimum absolute atomic E-state index is 0. The van der Waals surface area contributed by atoms with Gasteiger partial charge in [0.1, 0.15) is 23.2 Å². The molecule has 1 amide bonds. The maximum atomic E-state index is 13.0. The molecule has 3 aromatic rings. The first-order chi connectivity index (χ1) is 13.1. The van der Waals surface area contributed by atoms with Crippen LogP contribution in [0.25, 0.3) is 0 Å². The van der Waals surface area contributed by atoms with Gasteiger partial charge < -0.3 is 22.3 Å². The summed E-state index contributed by atoms with van der Waals surface area (Å²) in [4.78, 5) is 13.0. The van der Waals surface area contributed by atoms with Crippen molar-refractivity contribution in [2.45, 2.75) is 13.8 Å². The summed E-state index contributed by atoms with van der Waals surface area (Å²) in [5.74, 6) is 0.556. The van der Waals surface area contributed by atoms with Crippen LogP contribution >= 0.6 is 7.26 Å². The molecule has 146 valence electrons. The summed E-state index contributed by atoms with van der Waals surface area (Å²) in [7, 11) is -2.08. The molecule has 0 saturated carbocycles. The highest BCUT2D eigenvalue weighted by Gasteiger charge is 2.47. The molecule has 0 aromatic heterocycles. The van der Waals surface area contributed by atoms with Gasteiger partial charge in [-0.3, -0.25) is 4.79 Å². The Bertz CT molecular complexity index is 757. The van der Waals surface area contributed by atoms with Crippen LogP contribution < -0.4 is 38.2 Å². The maximum Gasteiger partial charge on any atom is 0.258 e. The highest BCUT2D eigenvalue weighted by atomic mass is 79.9. The van der Waals surface area contributed by atoms with Gasteiger partial charge in [0.25, 0.3) is 5.91 Å². The van der Waals surface area contributed by atoms with E-state index < -0.39 is 7.26 Å². The van der Waals surface area contributed by atoms with E-state index in [1.165, 1.54) is 15.9 Å². The molecule has 3 aromatic carbocycles. The number of hydrogen-bond donors (Lipinski definition) is 1. The molecule has 0 fully saturated rings. The number of nitrogens with one attached hydrogen (secondary N) is 1. The fraction of sp³-hybridized carbons (Fsp3) is 0.208. The van der Waals surface area contributed by atoms with Gasteiger partial charge in [-0.15, -0.1) is 0 Å². The molecule has 2 nitrogen and oxygen atoms in total. The summed E-state index contributed by atoms with van der Waals surface area (Å²) in [6, 6.07) is 31.6. The van der Waals surface area contributed by atoms with Gasteiger partial charge in [-0.25, -0.2) is 0 Å². The Hall–Kier alpha value is -1.96. The summed E-state index contributed by atoms with van der Waals surface area (Å²) in [6.07, 6.45) is 0.484. The van der Waals surface area contributed by atoms with Crippen LogP contribution in [0, 0.1) is 5.92 Å². The molecule has 0 atom stereocenters. The lowest BCUT2D eigenvalue weighted by Gasteiger charge is -2.27. The van der Waals surface area contributed by atoms with Crippen LogP contribution in [0.2, 0.25) is 0 Å². The smallest absolute Gasteiger partial charge is 0.258 e. The fourth-order valence-electron chi connectivity index (χ4n) is 3.36. The number of rotatable bonds is 7. The third kappa shape index (κ3) is 5.10. The second kappa shape index (κ2) is 10.5. The summed E-state index contributed by atoms with van der Waals surface area (Å²) in [5.41, 5.74) is 0. The van der Waals surface area contributed by atoms with E-state index in [0.29, 0.717) is 18.6 Å². The Kier molecular flexibility index (Phi) is 8.41. The number of benzene rings is 3. The molecule has 0 saturated heterocycles. The molecule has 4 heteroatoms. The van der Waals surface area contributed by atoms with Crippen molar-refractivity contribution in [3.05, 3.63) is 91.0 Å². The molecule has 0 radical (unpaired) electrons. The van der Waals surface area contributed by atoms with Crippen molar-refractivity contribution < 1.29 is 21.8 Å². The molecule has 1 N–H and O–H groups in total. The van der Waals surface area contributed by atoms with Gasteiger partial charge in [0.15, 0.2) is 6.16 Å². The van der Waals surface area contributed by atoms with Crippen molar-refractivity contribution in [2.75, 3.05) is 12.7 Å². The fourth-order valence-corrected chi connectivity index (χ4v) is 7.39. The van der Waals surface area contributed by atoms with Gasteiger partial charge in [-0.2, -0.15) is 0 Å². The van der Waals surface area contributed by atoms with Crippen molar-refractivity contribution in [3.8, 4) is 0 Å². The molecule has 0 heterocycles. The van der Waals surface area contributed by atoms with E-state index in [2.05, 4.69) is 92.0 Å². The molecule has 0 aliphatic heterocycles. The van der Waals surface area contributed by atoms with Gasteiger partial charge in [-0.1, -0.05) is 68.4 Å². The zero-order valence-electron chi connectivity index (χ0n) is 16.4. The summed E-state index contributed by atoms with van der Waals surface area (Å²) in [6.45, 7) is 4.94. The van der Waals surface area contributed by atoms with Crippen LogP contribution in [0.5, 0.6) is 0 Å². The van der Waals surface area contributed by atoms with Crippen LogP contribution in [0.3, 0.4) is 0 Å². The molecular formula is C24H27BrNOP. The van der Waals surface area contributed by atoms with Crippen molar-refractivity contribution in [1.29, 1.82) is 0 Å². The maximum absolute atomic E-state index is 13.0. The predicted octanol–water partition coefficient (Wildman–Crippen LogP) is 0.757. The summed E-state index contributed by atoms with van der Waals surface area (Å²) in [5, 5.41) is 6.85. The van der Waals surface area contributed by atoms with Crippen LogP contribution in [0.15, 0.2) is 91.0 Å². The van der Waals surface area contributed by atoms with Gasteiger partial charge in [-0.05, 0) is 42.3 Å². The van der Waals surface area contributed by atoms with E-state index >= 15 is 0 Å². The van der Waals surface area contributed by atoms with Crippen LogP contribution in [0.1, 0.15) is 13.8 Å². The molecule has 0 aliphatic rings. The van der Waals surface area contributed by atoms with Crippen molar-refractivity contribution in [2.24, 2.45) is 5.92 Å². The second-order valence-corrected chi connectivity index (χ2v) is 10.7. The third-order valence-electron chi connectivity index (χ3n) is 4.68. The minimum atomic E-state index is -2.08. The van der Waals surface area contributed by atoms with Gasteiger partial charge in [0.2, 0.25) is 0 Å². The number of carbonyl (C=O) groups is 1. The Morgan fingerprint density at radius 1 is 0.750 bits per heavy atom. The third-order valence-corrected chi connectivity index (χ3v) is 8.98. The van der Waals surface area contributed by atoms with Gasteiger partial charge in [0, 0.05) is 6.54 Å². The number of hydrogen-bond acceptors (Lipinski definition) is 1. The monoisotopic (exact) mass is 455 g/mol. The molecule has 0 bridgehead atoms. The first-order valence-corrected chi connectivity index (χ1v) is 11.4. The van der Waals surface area contributed by atoms with Crippen LogP contribution in [0.4, 0.5) is 0 Å². The second-order valence-electron chi connectivity index (χ2n) is 7.17. The Morgan fingerprint density at radius 2 is 1.11 bits per heavy atom. The van der Waals surface area contributed by atoms with Gasteiger partial charge in [0.05, 0.1) is 0 Å². The van der Waals surface area contributed by atoms with E-state index in [0.717, 1.165) is 0 Å². The van der Waals surface area contributed by atoms with E-state index in [4.69, 9.17) is 0 Å². The zero-order valence-corrected chi connectivity index (χ0v) is 18.9. The standard InChI is InChI=1S/C24H26NOP.BrH/c1-20(2)18-25-24(26)19-27(21-12-6-3-7-13-21,22-14-8-4-9-15-22)23-16-10-5-11-17-23;/h3-17,20H,18-19H2,1-2H3;1H. The molecular weight excluding hydrogens is 429 g/mol. The van der Waals surface area contributed by atoms with Crippen molar-refractivity contribution in [3.63, 3.8) is 0 Å².